The zero-order chi connectivity index (χ0) is 17.3. The van der Waals surface area contributed by atoms with Gasteiger partial charge in [0.25, 0.3) is 0 Å². The maximum atomic E-state index is 12.7. The molecule has 0 amide bonds. The van der Waals surface area contributed by atoms with Crippen LogP contribution in [-0.2, 0) is 10.0 Å². The molecular weight excluding hydrogens is 326 g/mol. The Morgan fingerprint density at radius 3 is 2.46 bits per heavy atom. The number of rotatable bonds is 4. The van der Waals surface area contributed by atoms with Crippen LogP contribution in [0.25, 0.3) is 0 Å². The number of aryl methyl sites for hydroxylation is 2. The second-order valence-electron chi connectivity index (χ2n) is 6.02. The average molecular weight is 347 g/mol. The number of hydrogen-bond acceptors (Lipinski definition) is 4. The molecule has 0 saturated carbocycles. The molecule has 1 atom stereocenters. The Labute approximate surface area is 142 Å². The van der Waals surface area contributed by atoms with Crippen LogP contribution < -0.4 is 14.2 Å². The van der Waals surface area contributed by atoms with Crippen LogP contribution in [0.1, 0.15) is 29.7 Å². The van der Waals surface area contributed by atoms with Gasteiger partial charge in [-0.15, -0.1) is 0 Å². The molecule has 6 heteroatoms. The monoisotopic (exact) mass is 347 g/mol. The van der Waals surface area contributed by atoms with E-state index in [2.05, 4.69) is 4.72 Å². The van der Waals surface area contributed by atoms with E-state index < -0.39 is 10.0 Å². The van der Waals surface area contributed by atoms with E-state index in [-0.39, 0.29) is 6.04 Å². The maximum absolute atomic E-state index is 12.7. The first kappa shape index (κ1) is 16.8. The van der Waals surface area contributed by atoms with Gasteiger partial charge in [0, 0.05) is 6.04 Å². The first-order valence-corrected chi connectivity index (χ1v) is 9.34. The molecular formula is C18H21NO4S. The third-order valence-corrected chi connectivity index (χ3v) is 5.71. The van der Waals surface area contributed by atoms with Crippen molar-refractivity contribution in [2.75, 3.05) is 13.2 Å². The SMILES string of the molecule is Cc1ccc(C)c(S(=O)(=O)NC(C)c2ccc3c(c2)OCCO3)c1. The molecule has 0 aliphatic carbocycles. The summed E-state index contributed by atoms with van der Waals surface area (Å²) in [4.78, 5) is 0.312. The first-order chi connectivity index (χ1) is 11.4. The zero-order valence-electron chi connectivity index (χ0n) is 14.0. The third-order valence-electron chi connectivity index (χ3n) is 4.03. The van der Waals surface area contributed by atoms with Crippen LogP contribution in [0.2, 0.25) is 0 Å². The molecule has 0 saturated heterocycles. The fourth-order valence-electron chi connectivity index (χ4n) is 2.69. The van der Waals surface area contributed by atoms with Crippen LogP contribution in [0.5, 0.6) is 11.5 Å². The van der Waals surface area contributed by atoms with Gasteiger partial charge in [0.1, 0.15) is 13.2 Å². The summed E-state index contributed by atoms with van der Waals surface area (Å²) in [5, 5.41) is 0. The lowest BCUT2D eigenvalue weighted by Gasteiger charge is -2.21. The summed E-state index contributed by atoms with van der Waals surface area (Å²) in [6.45, 7) is 6.51. The molecule has 5 nitrogen and oxygen atoms in total. The minimum atomic E-state index is -3.60. The number of nitrogens with one attached hydrogen (secondary N) is 1. The summed E-state index contributed by atoms with van der Waals surface area (Å²) in [5.74, 6) is 1.34. The molecule has 2 aromatic carbocycles. The number of ether oxygens (including phenoxy) is 2. The quantitative estimate of drug-likeness (QED) is 0.923. The highest BCUT2D eigenvalue weighted by atomic mass is 32.2. The van der Waals surface area contributed by atoms with Gasteiger partial charge in [0.2, 0.25) is 10.0 Å². The van der Waals surface area contributed by atoms with Crippen molar-refractivity contribution < 1.29 is 17.9 Å². The van der Waals surface area contributed by atoms with Crippen molar-refractivity contribution in [2.45, 2.75) is 31.7 Å². The molecule has 2 aromatic rings. The Kier molecular flexibility index (Phi) is 4.51. The first-order valence-electron chi connectivity index (χ1n) is 7.86. The second-order valence-corrected chi connectivity index (χ2v) is 7.70. The van der Waals surface area contributed by atoms with Gasteiger partial charge in [0.15, 0.2) is 11.5 Å². The molecule has 24 heavy (non-hydrogen) atoms. The molecule has 1 N–H and O–H groups in total. The van der Waals surface area contributed by atoms with E-state index in [1.807, 2.05) is 44.2 Å². The van der Waals surface area contributed by atoms with E-state index in [1.165, 1.54) is 0 Å². The second kappa shape index (κ2) is 6.45. The van der Waals surface area contributed by atoms with E-state index in [1.54, 1.807) is 13.0 Å². The molecule has 0 aromatic heterocycles. The molecule has 1 unspecified atom stereocenters. The van der Waals surface area contributed by atoms with Crippen molar-refractivity contribution in [3.63, 3.8) is 0 Å². The van der Waals surface area contributed by atoms with Gasteiger partial charge >= 0.3 is 0 Å². The molecule has 1 aliphatic rings. The Morgan fingerprint density at radius 2 is 1.71 bits per heavy atom. The summed E-state index contributed by atoms with van der Waals surface area (Å²) >= 11 is 0. The highest BCUT2D eigenvalue weighted by Gasteiger charge is 2.22. The fraction of sp³-hybridized carbons (Fsp3) is 0.333. The third kappa shape index (κ3) is 3.39. The van der Waals surface area contributed by atoms with Crippen molar-refractivity contribution in [3.8, 4) is 11.5 Å². The molecule has 128 valence electrons. The topological polar surface area (TPSA) is 64.6 Å². The minimum absolute atomic E-state index is 0.312. The molecule has 1 aliphatic heterocycles. The van der Waals surface area contributed by atoms with Crippen molar-refractivity contribution in [1.82, 2.24) is 4.72 Å². The summed E-state index contributed by atoms with van der Waals surface area (Å²) in [6, 6.07) is 10.5. The number of fused-ring (bicyclic) bond motifs is 1. The lowest BCUT2D eigenvalue weighted by Crippen LogP contribution is -2.27. The Morgan fingerprint density at radius 1 is 1.00 bits per heavy atom. The van der Waals surface area contributed by atoms with Crippen molar-refractivity contribution in [1.29, 1.82) is 0 Å². The largest absolute Gasteiger partial charge is 0.486 e. The maximum Gasteiger partial charge on any atom is 0.241 e. The highest BCUT2D eigenvalue weighted by molar-refractivity contribution is 7.89. The van der Waals surface area contributed by atoms with Crippen LogP contribution in [0.4, 0.5) is 0 Å². The number of sulfonamides is 1. The summed E-state index contributed by atoms with van der Waals surface area (Å²) in [6.07, 6.45) is 0. The van der Waals surface area contributed by atoms with E-state index in [0.29, 0.717) is 29.6 Å². The van der Waals surface area contributed by atoms with Gasteiger partial charge in [-0.3, -0.25) is 0 Å². The fourth-order valence-corrected chi connectivity index (χ4v) is 4.25. The van der Waals surface area contributed by atoms with Gasteiger partial charge in [-0.2, -0.15) is 0 Å². The lowest BCUT2D eigenvalue weighted by molar-refractivity contribution is 0.171. The van der Waals surface area contributed by atoms with Gasteiger partial charge in [-0.25, -0.2) is 13.1 Å². The van der Waals surface area contributed by atoms with E-state index in [4.69, 9.17) is 9.47 Å². The average Bonchev–Trinajstić information content (AvgIpc) is 2.56. The molecule has 0 fully saturated rings. The van der Waals surface area contributed by atoms with E-state index in [0.717, 1.165) is 16.7 Å². The summed E-state index contributed by atoms with van der Waals surface area (Å²) in [5.41, 5.74) is 2.46. The zero-order valence-corrected chi connectivity index (χ0v) is 14.8. The predicted octanol–water partition coefficient (Wildman–Crippen LogP) is 3.11. The standard InChI is InChI=1S/C18H21NO4S/c1-12-4-5-13(2)18(10-12)24(20,21)19-14(3)15-6-7-16-17(11-15)23-9-8-22-16/h4-7,10-11,14,19H,8-9H2,1-3H3. The Bertz CT molecular complexity index is 861. The normalized spacial score (nSPS) is 15.1. The Balaban J connectivity index is 1.86. The number of benzene rings is 2. The summed E-state index contributed by atoms with van der Waals surface area (Å²) < 4.78 is 39.2. The van der Waals surface area contributed by atoms with Crippen LogP contribution in [0.3, 0.4) is 0 Å². The van der Waals surface area contributed by atoms with Crippen molar-refractivity contribution >= 4 is 10.0 Å². The number of hydrogen-bond donors (Lipinski definition) is 1. The van der Waals surface area contributed by atoms with Gasteiger partial charge < -0.3 is 9.47 Å². The van der Waals surface area contributed by atoms with E-state index >= 15 is 0 Å². The molecule has 0 bridgehead atoms. The van der Waals surface area contributed by atoms with Gasteiger partial charge in [0.05, 0.1) is 4.90 Å². The summed E-state index contributed by atoms with van der Waals surface area (Å²) in [7, 11) is -3.60. The van der Waals surface area contributed by atoms with Gasteiger partial charge in [-0.1, -0.05) is 18.2 Å². The van der Waals surface area contributed by atoms with Crippen LogP contribution in [0, 0.1) is 13.8 Å². The van der Waals surface area contributed by atoms with Crippen molar-refractivity contribution in [3.05, 3.63) is 53.1 Å². The smallest absolute Gasteiger partial charge is 0.241 e. The molecule has 0 spiro atoms. The van der Waals surface area contributed by atoms with Crippen LogP contribution in [-0.4, -0.2) is 21.6 Å². The van der Waals surface area contributed by atoms with E-state index in [9.17, 15) is 8.42 Å². The van der Waals surface area contributed by atoms with Gasteiger partial charge in [-0.05, 0) is 55.7 Å². The predicted molar refractivity (Wildman–Crippen MR) is 92.1 cm³/mol. The minimum Gasteiger partial charge on any atom is -0.486 e. The molecule has 0 radical (unpaired) electrons. The van der Waals surface area contributed by atoms with Crippen LogP contribution >= 0.6 is 0 Å². The molecule has 1 heterocycles. The lowest BCUT2D eigenvalue weighted by atomic mass is 10.1. The van der Waals surface area contributed by atoms with Crippen LogP contribution in [0.15, 0.2) is 41.3 Å². The van der Waals surface area contributed by atoms with Crippen molar-refractivity contribution in [2.24, 2.45) is 0 Å². The highest BCUT2D eigenvalue weighted by Crippen LogP contribution is 2.33. The Hall–Kier alpha value is -2.05. The molecule has 3 rings (SSSR count).